The number of hydrogen-bond donors (Lipinski definition) is 3. The summed E-state index contributed by atoms with van der Waals surface area (Å²) < 4.78 is 17.9. The summed E-state index contributed by atoms with van der Waals surface area (Å²) >= 11 is 0. The molecule has 1 aliphatic rings. The molecular formula is C12H15Ac3N3O5S. The molecule has 1 heterocycles. The third kappa shape index (κ3) is 7.35. The van der Waals surface area contributed by atoms with Crippen molar-refractivity contribution >= 4 is 10.8 Å². The molecule has 2 rings (SSSR count). The Morgan fingerprint density at radius 3 is 2.25 bits per heavy atom. The van der Waals surface area contributed by atoms with Crippen LogP contribution >= 0.6 is 0 Å². The van der Waals surface area contributed by atoms with E-state index in [0.717, 1.165) is 0 Å². The van der Waals surface area contributed by atoms with E-state index in [9.17, 15) is 14.4 Å². The van der Waals surface area contributed by atoms with Gasteiger partial charge >= 0.3 is 0 Å². The molecule has 24 heavy (non-hydrogen) atoms. The van der Waals surface area contributed by atoms with Crippen LogP contribution in [0.15, 0.2) is 40.3 Å². The normalized spacial score (nSPS) is 29.7. The third-order valence-electron chi connectivity index (χ3n) is 3.22. The Morgan fingerprint density at radius 2 is 1.75 bits per heavy atom. The minimum absolute atomic E-state index is 0. The van der Waals surface area contributed by atoms with Gasteiger partial charge in [-0.15, -0.1) is 0 Å². The van der Waals surface area contributed by atoms with E-state index >= 15 is 0 Å². The van der Waals surface area contributed by atoms with Gasteiger partial charge in [-0.1, -0.05) is 23.3 Å². The molecule has 6 unspecified atom stereocenters. The summed E-state index contributed by atoms with van der Waals surface area (Å²) in [6, 6.07) is 7.13. The van der Waals surface area contributed by atoms with Gasteiger partial charge in [-0.05, 0) is 17.7 Å². The van der Waals surface area contributed by atoms with Crippen LogP contribution in [0.5, 0.6) is 0 Å². The van der Waals surface area contributed by atoms with Gasteiger partial charge in [-0.2, -0.15) is 0 Å². The van der Waals surface area contributed by atoms with Crippen molar-refractivity contribution in [2.24, 2.45) is 5.11 Å². The summed E-state index contributed by atoms with van der Waals surface area (Å²) in [6.07, 6.45) is -3.98. The largest absolute Gasteiger partial charge is 0.394 e. The Morgan fingerprint density at radius 1 is 1.17 bits per heavy atom. The smallest absolute Gasteiger partial charge is 0.148 e. The molecular weight excluding hydrogens is 979 g/mol. The zero-order valence-corrected chi connectivity index (χ0v) is 27.7. The van der Waals surface area contributed by atoms with E-state index < -0.39 is 47.2 Å². The van der Waals surface area contributed by atoms with Crippen molar-refractivity contribution in [3.8, 4) is 0 Å². The van der Waals surface area contributed by atoms with E-state index in [2.05, 4.69) is 10.0 Å². The van der Waals surface area contributed by atoms with E-state index in [1.165, 1.54) is 0 Å². The van der Waals surface area contributed by atoms with Crippen LogP contribution in [0.2, 0.25) is 0 Å². The van der Waals surface area contributed by atoms with Gasteiger partial charge in [-0.25, -0.2) is 0 Å². The second-order valence-corrected chi connectivity index (χ2v) is 6.04. The molecule has 1 aromatic carbocycles. The quantitative estimate of drug-likeness (QED) is 0.221. The fraction of sp³-hybridized carbons (Fsp3) is 0.500. The molecule has 1 fully saturated rings. The second kappa shape index (κ2) is 14.8. The first-order chi connectivity index (χ1) is 10.1. The summed E-state index contributed by atoms with van der Waals surface area (Å²) in [5, 5.41) is 32.3. The maximum atomic E-state index is 12.5. The van der Waals surface area contributed by atoms with Gasteiger partial charge in [0.15, 0.2) is 0 Å². The first-order valence-electron chi connectivity index (χ1n) is 6.22. The molecule has 1 aliphatic heterocycles. The van der Waals surface area contributed by atoms with Crippen LogP contribution in [0.25, 0.3) is 10.4 Å². The number of hydrogen-bond acceptors (Lipinski definition) is 6. The van der Waals surface area contributed by atoms with E-state index in [4.69, 9.17) is 15.4 Å². The van der Waals surface area contributed by atoms with Crippen LogP contribution in [0, 0.1) is 132 Å². The molecule has 3 N–H and O–H groups in total. The fourth-order valence-electron chi connectivity index (χ4n) is 2.12. The van der Waals surface area contributed by atoms with Gasteiger partial charge in [0.2, 0.25) is 0 Å². The zero-order valence-electron chi connectivity index (χ0n) is 12.6. The summed E-state index contributed by atoms with van der Waals surface area (Å²) in [7, 11) is -1.73. The monoisotopic (exact) mass is 994 g/mol. The molecule has 123 valence electrons. The SMILES string of the molecule is [Ac].[Ac].[Ac].[N-]=[N+]=NC1C(O)C(O)C(CO)OC1S(=O)c1ccccc1. The number of aliphatic hydroxyl groups is 3. The van der Waals surface area contributed by atoms with Gasteiger partial charge in [0.25, 0.3) is 0 Å². The molecule has 0 amide bonds. The van der Waals surface area contributed by atoms with E-state index in [-0.39, 0.29) is 132 Å². The maximum Gasteiger partial charge on any atom is 0.148 e. The van der Waals surface area contributed by atoms with Crippen LogP contribution < -0.4 is 0 Å². The van der Waals surface area contributed by atoms with Crippen molar-refractivity contribution in [2.45, 2.75) is 34.7 Å². The molecule has 3 radical (unpaired) electrons. The third-order valence-corrected chi connectivity index (χ3v) is 4.77. The molecule has 0 bridgehead atoms. The number of nitrogens with zero attached hydrogens (tertiary/aromatic N) is 3. The second-order valence-electron chi connectivity index (χ2n) is 4.51. The van der Waals surface area contributed by atoms with Gasteiger partial charge in [-0.3, -0.25) is 4.21 Å². The average Bonchev–Trinajstić information content (AvgIpc) is 2.52. The Kier molecular flexibility index (Phi) is 17.9. The van der Waals surface area contributed by atoms with Gasteiger partial charge in [0, 0.05) is 142 Å². The molecule has 6 atom stereocenters. The van der Waals surface area contributed by atoms with Crippen molar-refractivity contribution in [3.63, 3.8) is 0 Å². The molecule has 0 aliphatic carbocycles. The van der Waals surface area contributed by atoms with Gasteiger partial charge < -0.3 is 20.1 Å². The molecule has 1 saturated heterocycles. The van der Waals surface area contributed by atoms with Crippen molar-refractivity contribution < 1.29 is 156 Å². The molecule has 0 saturated carbocycles. The van der Waals surface area contributed by atoms with Crippen LogP contribution in [0.1, 0.15) is 0 Å². The minimum atomic E-state index is -1.73. The zero-order chi connectivity index (χ0) is 15.4. The summed E-state index contributed by atoms with van der Waals surface area (Å²) in [6.45, 7) is -0.552. The van der Waals surface area contributed by atoms with Crippen molar-refractivity contribution in [2.75, 3.05) is 6.61 Å². The topological polar surface area (TPSA) is 136 Å². The Hall–Kier alpha value is 2.84. The summed E-state index contributed by atoms with van der Waals surface area (Å²) in [5.74, 6) is 0. The Balaban J connectivity index is 0. The molecule has 0 aromatic heterocycles. The molecule has 8 nitrogen and oxygen atoms in total. The fourth-order valence-corrected chi connectivity index (χ4v) is 3.52. The summed E-state index contributed by atoms with van der Waals surface area (Å²) in [5.41, 5.74) is 7.42. The van der Waals surface area contributed by atoms with Crippen molar-refractivity contribution in [3.05, 3.63) is 40.8 Å². The predicted molar refractivity (Wildman–Crippen MR) is 73.5 cm³/mol. The Labute approximate surface area is 249 Å². The average molecular weight is 994 g/mol. The Bertz CT molecular complexity index is 564. The van der Waals surface area contributed by atoms with Gasteiger partial charge in [0.1, 0.15) is 23.7 Å². The minimum Gasteiger partial charge on any atom is -0.394 e. The van der Waals surface area contributed by atoms with E-state index in [1.807, 2.05) is 0 Å². The van der Waals surface area contributed by atoms with E-state index in [0.29, 0.717) is 4.90 Å². The molecule has 1 aromatic rings. The van der Waals surface area contributed by atoms with Crippen molar-refractivity contribution in [1.82, 2.24) is 0 Å². The van der Waals surface area contributed by atoms with E-state index in [1.54, 1.807) is 30.3 Å². The van der Waals surface area contributed by atoms with Gasteiger partial charge in [0.05, 0.1) is 23.5 Å². The number of aliphatic hydroxyl groups excluding tert-OH is 3. The standard InChI is InChI=1S/C12H15N3O5S.3Ac/c13-15-14-9-11(18)10(17)8(6-16)20-12(9)21(19)7-4-2-1-3-5-7;;;/h1-5,8-12,16-18H,6H2;;;. The van der Waals surface area contributed by atoms with Crippen LogP contribution in [-0.2, 0) is 15.5 Å². The first-order valence-corrected chi connectivity index (χ1v) is 7.43. The van der Waals surface area contributed by atoms with Crippen LogP contribution in [0.3, 0.4) is 0 Å². The molecule has 0 spiro atoms. The molecule has 12 heteroatoms. The predicted octanol–water partition coefficient (Wildman–Crippen LogP) is -0.0879. The number of rotatable bonds is 4. The summed E-state index contributed by atoms with van der Waals surface area (Å²) in [4.78, 5) is 3.03. The van der Waals surface area contributed by atoms with Crippen LogP contribution in [0.4, 0.5) is 0 Å². The van der Waals surface area contributed by atoms with Crippen LogP contribution in [-0.4, -0.2) is 55.9 Å². The number of benzene rings is 1. The maximum absolute atomic E-state index is 12.5. The number of ether oxygens (including phenoxy) is 1. The van der Waals surface area contributed by atoms with Crippen molar-refractivity contribution in [1.29, 1.82) is 0 Å². The first kappa shape index (κ1) is 29.0. The number of azide groups is 1.